The van der Waals surface area contributed by atoms with Crippen LogP contribution < -0.4 is 5.32 Å². The fraction of sp³-hybridized carbons (Fsp3) is 0.333. The molecule has 1 aliphatic heterocycles. The fourth-order valence-corrected chi connectivity index (χ4v) is 1.58. The topological polar surface area (TPSA) is 99.1 Å². The molecule has 0 radical (unpaired) electrons. The molecule has 0 saturated heterocycles. The van der Waals surface area contributed by atoms with Gasteiger partial charge in [0.2, 0.25) is 5.90 Å². The summed E-state index contributed by atoms with van der Waals surface area (Å²) >= 11 is 0. The summed E-state index contributed by atoms with van der Waals surface area (Å²) in [6.45, 7) is 0.129. The van der Waals surface area contributed by atoms with Crippen LogP contribution in [0.15, 0.2) is 23.3 Å². The number of hydrogen-bond acceptors (Lipinski definition) is 7. The average molecular weight is 279 g/mol. The molecule has 1 aliphatic rings. The molecule has 2 heterocycles. The van der Waals surface area contributed by atoms with Crippen molar-refractivity contribution >= 4 is 23.8 Å². The highest BCUT2D eigenvalue weighted by Gasteiger charge is 2.27. The van der Waals surface area contributed by atoms with Crippen molar-refractivity contribution in [2.75, 3.05) is 26.1 Å². The minimum atomic E-state index is -0.666. The Morgan fingerprint density at radius 3 is 2.90 bits per heavy atom. The molecule has 8 heteroatoms. The van der Waals surface area contributed by atoms with Gasteiger partial charge in [0.1, 0.15) is 12.4 Å². The minimum Gasteiger partial charge on any atom is -0.475 e. The summed E-state index contributed by atoms with van der Waals surface area (Å²) in [7, 11) is 2.55. The van der Waals surface area contributed by atoms with Crippen molar-refractivity contribution in [3.8, 4) is 0 Å². The van der Waals surface area contributed by atoms with Crippen LogP contribution in [0.2, 0.25) is 0 Å². The van der Waals surface area contributed by atoms with Gasteiger partial charge in [0.25, 0.3) is 0 Å². The number of aromatic nitrogens is 1. The molecular weight excluding hydrogens is 266 g/mol. The van der Waals surface area contributed by atoms with Crippen molar-refractivity contribution in [1.29, 1.82) is 0 Å². The van der Waals surface area contributed by atoms with Crippen LogP contribution in [0.25, 0.3) is 0 Å². The molecule has 8 nitrogen and oxygen atoms in total. The molecular formula is C12H13N3O5. The highest BCUT2D eigenvalue weighted by molar-refractivity contribution is 5.98. The molecule has 0 aliphatic carbocycles. The number of nitrogens with one attached hydrogen (secondary N) is 1. The number of esters is 1. The predicted octanol–water partition coefficient (Wildman–Crippen LogP) is 0.578. The van der Waals surface area contributed by atoms with Crippen molar-refractivity contribution in [2.45, 2.75) is 6.04 Å². The number of rotatable bonds is 3. The van der Waals surface area contributed by atoms with Gasteiger partial charge in [-0.2, -0.15) is 0 Å². The first-order valence-corrected chi connectivity index (χ1v) is 5.74. The average Bonchev–Trinajstić information content (AvgIpc) is 2.96. The van der Waals surface area contributed by atoms with Crippen LogP contribution in [0.1, 0.15) is 5.56 Å². The number of hydrogen-bond donors (Lipinski definition) is 1. The Hall–Kier alpha value is -2.64. The van der Waals surface area contributed by atoms with E-state index in [0.29, 0.717) is 17.3 Å². The molecule has 1 amide bonds. The lowest BCUT2D eigenvalue weighted by molar-refractivity contribution is -0.142. The van der Waals surface area contributed by atoms with Gasteiger partial charge in [0, 0.05) is 11.8 Å². The summed E-state index contributed by atoms with van der Waals surface area (Å²) in [5.41, 5.74) is 0.595. The van der Waals surface area contributed by atoms with Gasteiger partial charge < -0.3 is 14.2 Å². The number of aliphatic imine (C=N–C) groups is 1. The normalized spacial score (nSPS) is 16.9. The van der Waals surface area contributed by atoms with Gasteiger partial charge in [-0.05, 0) is 12.1 Å². The van der Waals surface area contributed by atoms with E-state index in [1.807, 2.05) is 0 Å². The standard InChI is InChI=1S/C12H13N3O5/c1-18-11(16)8-6-20-10(14-8)7-3-4-13-9(5-7)15-12(17)19-2/h3-5,8H,6H2,1-2H3,(H,13,15,17)/t8-/m0/s1. The lowest BCUT2D eigenvalue weighted by Gasteiger charge is -2.05. The predicted molar refractivity (Wildman–Crippen MR) is 68.6 cm³/mol. The molecule has 0 bridgehead atoms. The van der Waals surface area contributed by atoms with Gasteiger partial charge in [-0.1, -0.05) is 0 Å². The van der Waals surface area contributed by atoms with Crippen molar-refractivity contribution in [2.24, 2.45) is 4.99 Å². The molecule has 1 N–H and O–H groups in total. The number of carbonyl (C=O) groups is 2. The lowest BCUT2D eigenvalue weighted by Crippen LogP contribution is -2.21. The van der Waals surface area contributed by atoms with Gasteiger partial charge >= 0.3 is 12.1 Å². The van der Waals surface area contributed by atoms with Crippen LogP contribution >= 0.6 is 0 Å². The second kappa shape index (κ2) is 6.00. The maximum Gasteiger partial charge on any atom is 0.412 e. The molecule has 0 saturated carbocycles. The van der Waals surface area contributed by atoms with Crippen LogP contribution in [-0.4, -0.2) is 49.8 Å². The maximum atomic E-state index is 11.3. The van der Waals surface area contributed by atoms with E-state index in [2.05, 4.69) is 24.8 Å². The van der Waals surface area contributed by atoms with Crippen molar-refractivity contribution < 1.29 is 23.8 Å². The van der Waals surface area contributed by atoms with Crippen LogP contribution in [0.3, 0.4) is 0 Å². The van der Waals surface area contributed by atoms with E-state index in [0.717, 1.165) is 0 Å². The first-order valence-electron chi connectivity index (χ1n) is 5.74. The Morgan fingerprint density at radius 2 is 2.20 bits per heavy atom. The summed E-state index contributed by atoms with van der Waals surface area (Å²) in [6.07, 6.45) is 0.856. The van der Waals surface area contributed by atoms with Crippen LogP contribution in [0.5, 0.6) is 0 Å². The third kappa shape index (κ3) is 3.02. The van der Waals surface area contributed by atoms with Gasteiger partial charge in [0.15, 0.2) is 6.04 Å². The Labute approximate surface area is 114 Å². The molecule has 20 heavy (non-hydrogen) atoms. The molecule has 106 valence electrons. The number of carbonyl (C=O) groups excluding carboxylic acids is 2. The maximum absolute atomic E-state index is 11.3. The molecule has 0 aromatic carbocycles. The summed E-state index contributed by atoms with van der Waals surface area (Å²) in [6, 6.07) is 2.55. The number of nitrogens with zero attached hydrogens (tertiary/aromatic N) is 2. The molecule has 2 rings (SSSR count). The second-order valence-corrected chi connectivity index (χ2v) is 3.83. The first kappa shape index (κ1) is 13.8. The largest absolute Gasteiger partial charge is 0.475 e. The number of ether oxygens (including phenoxy) is 3. The van der Waals surface area contributed by atoms with E-state index in [-0.39, 0.29) is 6.61 Å². The molecule has 0 fully saturated rings. The highest BCUT2D eigenvalue weighted by Crippen LogP contribution is 2.15. The van der Waals surface area contributed by atoms with Gasteiger partial charge in [-0.3, -0.25) is 5.32 Å². The first-order chi connectivity index (χ1) is 9.63. The van der Waals surface area contributed by atoms with Gasteiger partial charge in [-0.25, -0.2) is 19.6 Å². The highest BCUT2D eigenvalue weighted by atomic mass is 16.5. The zero-order valence-electron chi connectivity index (χ0n) is 11.0. The summed E-state index contributed by atoms with van der Waals surface area (Å²) in [5, 5.41) is 2.43. The molecule has 0 unspecified atom stereocenters. The summed E-state index contributed by atoms with van der Waals surface area (Å²) < 4.78 is 14.4. The van der Waals surface area contributed by atoms with E-state index in [4.69, 9.17) is 4.74 Å². The van der Waals surface area contributed by atoms with Crippen LogP contribution in [-0.2, 0) is 19.0 Å². The van der Waals surface area contributed by atoms with Crippen molar-refractivity contribution in [1.82, 2.24) is 4.98 Å². The molecule has 0 spiro atoms. The summed E-state index contributed by atoms with van der Waals surface area (Å²) in [4.78, 5) is 30.5. The van der Waals surface area contributed by atoms with E-state index in [1.54, 1.807) is 12.1 Å². The second-order valence-electron chi connectivity index (χ2n) is 3.83. The van der Waals surface area contributed by atoms with Crippen molar-refractivity contribution in [3.63, 3.8) is 0 Å². The van der Waals surface area contributed by atoms with Gasteiger partial charge in [-0.15, -0.1) is 0 Å². The zero-order chi connectivity index (χ0) is 14.5. The van der Waals surface area contributed by atoms with Gasteiger partial charge in [0.05, 0.1) is 14.2 Å². The Kier molecular flexibility index (Phi) is 4.14. The number of amides is 1. The lowest BCUT2D eigenvalue weighted by atomic mass is 10.2. The summed E-state index contributed by atoms with van der Waals surface area (Å²) in [5.74, 6) is 0.139. The number of methoxy groups -OCH3 is 2. The van der Waals surface area contributed by atoms with E-state index in [1.165, 1.54) is 20.4 Å². The number of pyridine rings is 1. The van der Waals surface area contributed by atoms with E-state index >= 15 is 0 Å². The Balaban J connectivity index is 2.15. The van der Waals surface area contributed by atoms with Crippen LogP contribution in [0.4, 0.5) is 10.6 Å². The third-order valence-corrected chi connectivity index (χ3v) is 2.55. The minimum absolute atomic E-state index is 0.129. The third-order valence-electron chi connectivity index (χ3n) is 2.55. The van der Waals surface area contributed by atoms with E-state index < -0.39 is 18.1 Å². The quantitative estimate of drug-likeness (QED) is 0.812. The smallest absolute Gasteiger partial charge is 0.412 e. The monoisotopic (exact) mass is 279 g/mol. The SMILES string of the molecule is COC(=O)Nc1cc(C2=N[C@H](C(=O)OC)CO2)ccn1. The number of anilines is 1. The zero-order valence-corrected chi connectivity index (χ0v) is 11.0. The van der Waals surface area contributed by atoms with Crippen LogP contribution in [0, 0.1) is 0 Å². The Morgan fingerprint density at radius 1 is 1.40 bits per heavy atom. The molecule has 1 aromatic heterocycles. The fourth-order valence-electron chi connectivity index (χ4n) is 1.58. The molecule has 1 atom stereocenters. The van der Waals surface area contributed by atoms with E-state index in [9.17, 15) is 9.59 Å². The van der Waals surface area contributed by atoms with Crippen molar-refractivity contribution in [3.05, 3.63) is 23.9 Å². The molecule has 1 aromatic rings. The Bertz CT molecular complexity index is 558.